The number of carboxylic acid groups (broad SMARTS) is 2. The Labute approximate surface area is 288 Å². The smallest absolute Gasteiger partial charge is 0.475 e. The average molecular weight is 751 g/mol. The Hall–Kier alpha value is -4.52. The third-order valence-corrected chi connectivity index (χ3v) is 10.2. The molecule has 2 aromatic heterocycles. The summed E-state index contributed by atoms with van der Waals surface area (Å²) in [5.41, 5.74) is 2.60. The van der Waals surface area contributed by atoms with Crippen LogP contribution in [0.15, 0.2) is 53.2 Å². The van der Waals surface area contributed by atoms with E-state index >= 15 is 0 Å². The predicted molar refractivity (Wildman–Crippen MR) is 169 cm³/mol. The Morgan fingerprint density at radius 2 is 1.53 bits per heavy atom. The lowest BCUT2D eigenvalue weighted by atomic mass is 10.1. The number of hydrogen-bond acceptors (Lipinski definition) is 9. The highest BCUT2D eigenvalue weighted by Gasteiger charge is 2.39. The fourth-order valence-corrected chi connectivity index (χ4v) is 7.30. The van der Waals surface area contributed by atoms with E-state index in [0.29, 0.717) is 41.1 Å². The molecule has 1 aromatic carbocycles. The molecular weight excluding hydrogens is 714 g/mol. The molecule has 2 atom stereocenters. The summed E-state index contributed by atoms with van der Waals surface area (Å²) in [5.74, 6) is -4.93. The van der Waals surface area contributed by atoms with Crippen LogP contribution in [0.1, 0.15) is 65.9 Å². The number of likely N-dealkylation sites (tertiary alicyclic amines) is 1. The Morgan fingerprint density at radius 1 is 0.941 bits per heavy atom. The van der Waals surface area contributed by atoms with Gasteiger partial charge in [-0.05, 0) is 88.0 Å². The van der Waals surface area contributed by atoms with Gasteiger partial charge in [0, 0.05) is 36.1 Å². The van der Waals surface area contributed by atoms with Crippen molar-refractivity contribution in [3.8, 4) is 11.5 Å². The van der Waals surface area contributed by atoms with Gasteiger partial charge < -0.3 is 24.8 Å². The second kappa shape index (κ2) is 17.6. The number of carboxylic acids is 2. The third-order valence-electron chi connectivity index (χ3n) is 8.06. The first kappa shape index (κ1) is 40.9. The number of amides is 1. The molecule has 2 aliphatic rings. The van der Waals surface area contributed by atoms with Crippen LogP contribution >= 0.6 is 0 Å². The standard InChI is InChI=1S/C28H34N4O4S.2C2HF3O2/c1-20-26(19-37(34,35)25-12-11-24(16-25)32-14-3-2-4-15-32)31-28(36-20)23-9-7-22(8-10-23)27(33)30-18-21-6-5-13-29-17-21;2*3-2(4,5)1(6)7/h5-10,13,17,24-25H,2-4,11-12,14-16,18-19H2,1H3,(H,30,33);2*(H,6,7)/t24-,25-;;/m0../s1. The number of piperidine rings is 1. The number of aliphatic carboxylic acids is 2. The third kappa shape index (κ3) is 12.6. The van der Waals surface area contributed by atoms with E-state index in [9.17, 15) is 39.6 Å². The largest absolute Gasteiger partial charge is 0.490 e. The monoisotopic (exact) mass is 750 g/mol. The summed E-state index contributed by atoms with van der Waals surface area (Å²) < 4.78 is 95.8. The summed E-state index contributed by atoms with van der Waals surface area (Å²) in [7, 11) is -3.33. The minimum atomic E-state index is -5.08. The van der Waals surface area contributed by atoms with E-state index in [-0.39, 0.29) is 16.9 Å². The number of oxazole rings is 1. The molecular formula is C32H36F6N4O8S. The molecule has 280 valence electrons. The number of carbonyl (C=O) groups is 3. The Kier molecular flexibility index (Phi) is 14.1. The Bertz CT molecular complexity index is 1700. The SMILES string of the molecule is Cc1oc(-c2ccc(C(=O)NCc3cccnc3)cc2)nc1CS(=O)(=O)[C@H]1CC[C@H](N2CCCCC2)C1.O=C(O)C(F)(F)F.O=C(O)C(F)(F)F. The number of nitrogens with one attached hydrogen (secondary N) is 1. The molecule has 51 heavy (non-hydrogen) atoms. The first-order chi connectivity index (χ1) is 23.8. The second-order valence-electron chi connectivity index (χ2n) is 11.7. The van der Waals surface area contributed by atoms with Crippen LogP contribution in [0, 0.1) is 6.92 Å². The van der Waals surface area contributed by atoms with Crippen molar-refractivity contribution in [2.24, 2.45) is 0 Å². The molecule has 0 unspecified atom stereocenters. The number of hydrogen-bond donors (Lipinski definition) is 3. The number of pyridine rings is 1. The van der Waals surface area contributed by atoms with Crippen molar-refractivity contribution in [3.05, 3.63) is 71.4 Å². The van der Waals surface area contributed by atoms with Crippen molar-refractivity contribution in [2.45, 2.75) is 81.4 Å². The molecule has 1 saturated carbocycles. The van der Waals surface area contributed by atoms with Crippen LogP contribution in [0.5, 0.6) is 0 Å². The van der Waals surface area contributed by atoms with E-state index in [1.54, 1.807) is 43.6 Å². The zero-order chi connectivity index (χ0) is 38.0. The van der Waals surface area contributed by atoms with Gasteiger partial charge in [-0.3, -0.25) is 9.78 Å². The number of alkyl halides is 6. The number of benzene rings is 1. The fourth-order valence-electron chi connectivity index (χ4n) is 5.40. The van der Waals surface area contributed by atoms with Crippen LogP contribution < -0.4 is 5.32 Å². The van der Waals surface area contributed by atoms with Crippen molar-refractivity contribution in [1.82, 2.24) is 20.2 Å². The number of sulfone groups is 1. The number of rotatable bonds is 8. The lowest BCUT2D eigenvalue weighted by Gasteiger charge is -2.32. The summed E-state index contributed by atoms with van der Waals surface area (Å²) >= 11 is 0. The highest BCUT2D eigenvalue weighted by molar-refractivity contribution is 7.91. The van der Waals surface area contributed by atoms with Gasteiger partial charge in [-0.2, -0.15) is 26.3 Å². The molecule has 12 nitrogen and oxygen atoms in total. The van der Waals surface area contributed by atoms with Gasteiger partial charge in [0.2, 0.25) is 5.89 Å². The van der Waals surface area contributed by atoms with Crippen LogP contribution in [0.2, 0.25) is 0 Å². The van der Waals surface area contributed by atoms with Gasteiger partial charge in [0.15, 0.2) is 9.84 Å². The van der Waals surface area contributed by atoms with E-state index in [1.165, 1.54) is 19.3 Å². The molecule has 0 bridgehead atoms. The highest BCUT2D eigenvalue weighted by Crippen LogP contribution is 2.33. The lowest BCUT2D eigenvalue weighted by molar-refractivity contribution is -0.193. The van der Waals surface area contributed by atoms with E-state index in [0.717, 1.165) is 37.9 Å². The summed E-state index contributed by atoms with van der Waals surface area (Å²) in [5, 5.41) is 16.8. The van der Waals surface area contributed by atoms with E-state index in [4.69, 9.17) is 24.2 Å². The predicted octanol–water partition coefficient (Wildman–Crippen LogP) is 5.56. The number of aryl methyl sites for hydroxylation is 1. The first-order valence-corrected chi connectivity index (χ1v) is 17.3. The Balaban J connectivity index is 0.000000424. The van der Waals surface area contributed by atoms with Gasteiger partial charge in [0.05, 0.1) is 16.7 Å². The first-order valence-electron chi connectivity index (χ1n) is 15.6. The normalized spacial score (nSPS) is 18.1. The lowest BCUT2D eigenvalue weighted by Crippen LogP contribution is -2.38. The maximum Gasteiger partial charge on any atom is 0.490 e. The molecule has 19 heteroatoms. The van der Waals surface area contributed by atoms with Crippen LogP contribution in [-0.2, 0) is 31.7 Å². The fraction of sp³-hybridized carbons (Fsp3) is 0.469. The van der Waals surface area contributed by atoms with Crippen LogP contribution in [-0.4, -0.2) is 88.1 Å². The maximum absolute atomic E-state index is 13.3. The summed E-state index contributed by atoms with van der Waals surface area (Å²) in [4.78, 5) is 41.4. The van der Waals surface area contributed by atoms with Gasteiger partial charge in [0.25, 0.3) is 5.91 Å². The summed E-state index contributed by atoms with van der Waals surface area (Å²) in [6, 6.07) is 11.1. The molecule has 1 aliphatic heterocycles. The molecule has 3 heterocycles. The van der Waals surface area contributed by atoms with Crippen molar-refractivity contribution in [1.29, 1.82) is 0 Å². The zero-order valence-electron chi connectivity index (χ0n) is 27.2. The minimum absolute atomic E-state index is 0.103. The molecule has 1 amide bonds. The van der Waals surface area contributed by atoms with E-state index < -0.39 is 34.1 Å². The van der Waals surface area contributed by atoms with E-state index in [2.05, 4.69) is 20.2 Å². The molecule has 3 N–H and O–H groups in total. The average Bonchev–Trinajstić information content (AvgIpc) is 3.72. The molecule has 0 spiro atoms. The van der Waals surface area contributed by atoms with Crippen molar-refractivity contribution >= 4 is 27.7 Å². The van der Waals surface area contributed by atoms with Gasteiger partial charge >= 0.3 is 24.3 Å². The quantitative estimate of drug-likeness (QED) is 0.245. The molecule has 1 aliphatic carbocycles. The van der Waals surface area contributed by atoms with Gasteiger partial charge in [-0.1, -0.05) is 12.5 Å². The molecule has 1 saturated heterocycles. The van der Waals surface area contributed by atoms with Crippen LogP contribution in [0.3, 0.4) is 0 Å². The van der Waals surface area contributed by atoms with Gasteiger partial charge in [0.1, 0.15) is 5.76 Å². The molecule has 0 radical (unpaired) electrons. The summed E-state index contributed by atoms with van der Waals surface area (Å²) in [6.45, 7) is 4.33. The highest BCUT2D eigenvalue weighted by atomic mass is 32.2. The number of halogens is 6. The van der Waals surface area contributed by atoms with E-state index in [1.807, 2.05) is 12.1 Å². The van der Waals surface area contributed by atoms with Crippen molar-refractivity contribution in [3.63, 3.8) is 0 Å². The van der Waals surface area contributed by atoms with Crippen LogP contribution in [0.25, 0.3) is 11.5 Å². The zero-order valence-corrected chi connectivity index (χ0v) is 28.0. The van der Waals surface area contributed by atoms with Gasteiger partial charge in [-0.15, -0.1) is 0 Å². The maximum atomic E-state index is 13.3. The number of nitrogens with zero attached hydrogens (tertiary/aromatic N) is 3. The van der Waals surface area contributed by atoms with Crippen LogP contribution in [0.4, 0.5) is 26.3 Å². The van der Waals surface area contributed by atoms with Crippen molar-refractivity contribution in [2.75, 3.05) is 13.1 Å². The second-order valence-corrected chi connectivity index (χ2v) is 14.0. The minimum Gasteiger partial charge on any atom is -0.475 e. The van der Waals surface area contributed by atoms with Crippen molar-refractivity contribution < 1.29 is 63.8 Å². The number of aromatic nitrogens is 2. The molecule has 5 rings (SSSR count). The summed E-state index contributed by atoms with van der Waals surface area (Å²) in [6.07, 6.45) is -0.663. The van der Waals surface area contributed by atoms with Gasteiger partial charge in [-0.25, -0.2) is 23.0 Å². The number of carbonyl (C=O) groups excluding carboxylic acids is 1. The molecule has 3 aromatic rings. The Morgan fingerprint density at radius 3 is 2.06 bits per heavy atom. The topological polar surface area (TPSA) is 180 Å². The molecule has 2 fully saturated rings.